The molecule has 0 saturated carbocycles. The first-order valence-electron chi connectivity index (χ1n) is 6.78. The Morgan fingerprint density at radius 1 is 1.50 bits per heavy atom. The van der Waals surface area contributed by atoms with E-state index < -0.39 is 17.8 Å². The summed E-state index contributed by atoms with van der Waals surface area (Å²) >= 11 is 1.29. The van der Waals surface area contributed by atoms with Gasteiger partial charge >= 0.3 is 0 Å². The zero-order chi connectivity index (χ0) is 16.1. The highest BCUT2D eigenvalue weighted by molar-refractivity contribution is 7.04. The summed E-state index contributed by atoms with van der Waals surface area (Å²) in [6, 6.07) is 3.35. The van der Waals surface area contributed by atoms with Gasteiger partial charge in [0.15, 0.2) is 0 Å². The van der Waals surface area contributed by atoms with E-state index in [0.29, 0.717) is 11.8 Å². The largest absolute Gasteiger partial charge is 0.350 e. The van der Waals surface area contributed by atoms with Gasteiger partial charge in [0.1, 0.15) is 12.1 Å². The van der Waals surface area contributed by atoms with Gasteiger partial charge in [-0.05, 0) is 41.7 Å². The third kappa shape index (κ3) is 3.75. The van der Waals surface area contributed by atoms with Gasteiger partial charge in [-0.3, -0.25) is 4.79 Å². The number of benzene rings is 1. The average Bonchev–Trinajstić information content (AvgIpc) is 3.00. The van der Waals surface area contributed by atoms with Crippen LogP contribution in [0.25, 0.3) is 11.1 Å². The zero-order valence-corrected chi connectivity index (χ0v) is 12.8. The number of aldehydes is 1. The van der Waals surface area contributed by atoms with Gasteiger partial charge < -0.3 is 15.8 Å². The predicted octanol–water partition coefficient (Wildman–Crippen LogP) is 1.77. The number of carbonyl (C=O) groups is 2. The van der Waals surface area contributed by atoms with Crippen LogP contribution in [0, 0.1) is 5.82 Å². The SMILES string of the molecule is CCc1nscc1-c1cc(F)cc(C(=O)NC[C@@H](N)C=O)c1. The normalized spacial score (nSPS) is 12.0. The molecular weight excluding hydrogens is 305 g/mol. The van der Waals surface area contributed by atoms with Crippen LogP contribution in [-0.2, 0) is 11.2 Å². The maximum absolute atomic E-state index is 13.8. The van der Waals surface area contributed by atoms with E-state index in [2.05, 4.69) is 9.69 Å². The van der Waals surface area contributed by atoms with E-state index in [9.17, 15) is 14.0 Å². The summed E-state index contributed by atoms with van der Waals surface area (Å²) < 4.78 is 18.1. The molecule has 0 unspecified atom stereocenters. The van der Waals surface area contributed by atoms with Gasteiger partial charge in [-0.2, -0.15) is 4.37 Å². The van der Waals surface area contributed by atoms with Crippen LogP contribution < -0.4 is 11.1 Å². The van der Waals surface area contributed by atoms with Gasteiger partial charge in [0.2, 0.25) is 0 Å². The Bertz CT molecular complexity index is 687. The molecule has 0 bridgehead atoms. The fraction of sp³-hybridized carbons (Fsp3) is 0.267. The monoisotopic (exact) mass is 321 g/mol. The van der Waals surface area contributed by atoms with Crippen LogP contribution in [0.4, 0.5) is 4.39 Å². The Morgan fingerprint density at radius 2 is 2.27 bits per heavy atom. The fourth-order valence-corrected chi connectivity index (χ4v) is 2.77. The number of rotatable bonds is 6. The topological polar surface area (TPSA) is 85.1 Å². The maximum Gasteiger partial charge on any atom is 0.251 e. The van der Waals surface area contributed by atoms with E-state index in [1.54, 1.807) is 6.07 Å². The molecular formula is C15H16FN3O2S. The van der Waals surface area contributed by atoms with Crippen molar-refractivity contribution in [2.75, 3.05) is 6.54 Å². The molecule has 1 amide bonds. The van der Waals surface area contributed by atoms with E-state index in [1.807, 2.05) is 12.3 Å². The van der Waals surface area contributed by atoms with Crippen molar-refractivity contribution in [3.05, 3.63) is 40.7 Å². The highest BCUT2D eigenvalue weighted by Crippen LogP contribution is 2.27. The van der Waals surface area contributed by atoms with Gasteiger partial charge in [0, 0.05) is 23.1 Å². The summed E-state index contributed by atoms with van der Waals surface area (Å²) in [5, 5.41) is 4.33. The number of nitrogens with two attached hydrogens (primary N) is 1. The van der Waals surface area contributed by atoms with Crippen LogP contribution in [0.2, 0.25) is 0 Å². The number of aryl methyl sites for hydroxylation is 1. The lowest BCUT2D eigenvalue weighted by molar-refractivity contribution is -0.108. The molecule has 0 saturated heterocycles. The number of hydrogen-bond donors (Lipinski definition) is 2. The molecule has 0 aliphatic heterocycles. The van der Waals surface area contributed by atoms with Gasteiger partial charge in [0.25, 0.3) is 5.91 Å². The van der Waals surface area contributed by atoms with Gasteiger partial charge in [-0.1, -0.05) is 6.92 Å². The van der Waals surface area contributed by atoms with Crippen LogP contribution in [0.1, 0.15) is 23.0 Å². The third-order valence-corrected chi connectivity index (χ3v) is 3.79. The molecule has 0 radical (unpaired) electrons. The second-order valence-corrected chi connectivity index (χ2v) is 5.40. The van der Waals surface area contributed by atoms with E-state index >= 15 is 0 Å². The van der Waals surface area contributed by atoms with Crippen molar-refractivity contribution in [2.24, 2.45) is 5.73 Å². The van der Waals surface area contributed by atoms with E-state index in [0.717, 1.165) is 23.7 Å². The molecule has 0 aliphatic rings. The average molecular weight is 321 g/mol. The van der Waals surface area contributed by atoms with Crippen molar-refractivity contribution >= 4 is 23.7 Å². The van der Waals surface area contributed by atoms with Crippen LogP contribution >= 0.6 is 11.5 Å². The zero-order valence-electron chi connectivity index (χ0n) is 12.0. The molecule has 3 N–H and O–H groups in total. The molecule has 7 heteroatoms. The van der Waals surface area contributed by atoms with Crippen molar-refractivity contribution in [1.82, 2.24) is 9.69 Å². The third-order valence-electron chi connectivity index (χ3n) is 3.12. The van der Waals surface area contributed by atoms with Crippen molar-refractivity contribution < 1.29 is 14.0 Å². The van der Waals surface area contributed by atoms with Crippen molar-refractivity contribution in [3.8, 4) is 11.1 Å². The second-order valence-electron chi connectivity index (χ2n) is 4.77. The summed E-state index contributed by atoms with van der Waals surface area (Å²) in [5.74, 6) is -0.977. The molecule has 5 nitrogen and oxygen atoms in total. The minimum absolute atomic E-state index is 0.00833. The maximum atomic E-state index is 13.8. The summed E-state index contributed by atoms with van der Waals surface area (Å²) in [6.07, 6.45) is 1.27. The molecule has 0 spiro atoms. The van der Waals surface area contributed by atoms with Crippen molar-refractivity contribution in [3.63, 3.8) is 0 Å². The summed E-state index contributed by atoms with van der Waals surface area (Å²) in [7, 11) is 0. The van der Waals surface area contributed by atoms with Crippen LogP contribution in [0.3, 0.4) is 0 Å². The lowest BCUT2D eigenvalue weighted by atomic mass is 10.0. The highest BCUT2D eigenvalue weighted by atomic mass is 32.1. The predicted molar refractivity (Wildman–Crippen MR) is 83.3 cm³/mol. The van der Waals surface area contributed by atoms with Crippen molar-refractivity contribution in [1.29, 1.82) is 0 Å². The van der Waals surface area contributed by atoms with Crippen LogP contribution in [-0.4, -0.2) is 29.2 Å². The number of carbonyl (C=O) groups excluding carboxylic acids is 2. The molecule has 1 heterocycles. The smallest absolute Gasteiger partial charge is 0.251 e. The molecule has 2 rings (SSSR count). The number of nitrogens with one attached hydrogen (secondary N) is 1. The van der Waals surface area contributed by atoms with Crippen LogP contribution in [0.5, 0.6) is 0 Å². The van der Waals surface area contributed by atoms with Crippen molar-refractivity contribution in [2.45, 2.75) is 19.4 Å². The number of halogens is 1. The van der Waals surface area contributed by atoms with E-state index in [4.69, 9.17) is 5.73 Å². The Kier molecular flexibility index (Phi) is 5.35. The number of nitrogens with zero attached hydrogens (tertiary/aromatic N) is 1. The minimum atomic E-state index is -0.773. The molecule has 2 aromatic rings. The highest BCUT2D eigenvalue weighted by Gasteiger charge is 2.13. The summed E-state index contributed by atoms with van der Waals surface area (Å²) in [6.45, 7) is 1.97. The number of amides is 1. The first-order valence-corrected chi connectivity index (χ1v) is 7.62. The lowest BCUT2D eigenvalue weighted by Crippen LogP contribution is -2.38. The first-order chi connectivity index (χ1) is 10.5. The Morgan fingerprint density at radius 3 is 2.95 bits per heavy atom. The van der Waals surface area contributed by atoms with Gasteiger partial charge in [-0.15, -0.1) is 0 Å². The van der Waals surface area contributed by atoms with Crippen LogP contribution in [0.15, 0.2) is 23.6 Å². The number of hydrogen-bond acceptors (Lipinski definition) is 5. The molecule has 22 heavy (non-hydrogen) atoms. The Balaban J connectivity index is 2.27. The molecule has 0 fully saturated rings. The second kappa shape index (κ2) is 7.24. The van der Waals surface area contributed by atoms with Gasteiger partial charge in [0.05, 0.1) is 11.7 Å². The van der Waals surface area contributed by atoms with E-state index in [-0.39, 0.29) is 12.1 Å². The summed E-state index contributed by atoms with van der Waals surface area (Å²) in [4.78, 5) is 22.5. The lowest BCUT2D eigenvalue weighted by Gasteiger charge is -2.09. The molecule has 1 aromatic heterocycles. The molecule has 0 aliphatic carbocycles. The first kappa shape index (κ1) is 16.3. The Hall–Kier alpha value is -2.12. The Labute approximate surface area is 131 Å². The van der Waals surface area contributed by atoms with E-state index in [1.165, 1.54) is 17.6 Å². The van der Waals surface area contributed by atoms with Gasteiger partial charge in [-0.25, -0.2) is 4.39 Å². The standard InChI is InChI=1S/C15H16FN3O2S/c1-2-14-13(8-22-19-14)9-3-10(5-11(16)4-9)15(21)18-6-12(17)7-20/h3-5,7-8,12H,2,6,17H2,1H3,(H,18,21)/t12-/m1/s1. The minimum Gasteiger partial charge on any atom is -0.350 e. The molecule has 1 aromatic carbocycles. The molecule has 1 atom stereocenters. The summed E-state index contributed by atoms with van der Waals surface area (Å²) in [5.41, 5.74) is 7.89. The quantitative estimate of drug-likeness (QED) is 0.794. The fourth-order valence-electron chi connectivity index (χ4n) is 1.99. The number of aromatic nitrogens is 1. The molecule has 116 valence electrons.